The molecule has 0 fully saturated rings. The van der Waals surface area contributed by atoms with Crippen LogP contribution in [0.3, 0.4) is 0 Å². The van der Waals surface area contributed by atoms with Crippen molar-refractivity contribution in [1.29, 1.82) is 0 Å². The van der Waals surface area contributed by atoms with Gasteiger partial charge in [-0.05, 0) is 38.0 Å². The standard InChI is InChI=1S/C17H22N4O/c1-4-12(2)21-17(22)15-7-5-6-14(9-15)10-18-16-8-13(3)19-11-20-16/h5-9,11-12H,4,10H2,1-3H3,(H,21,22)(H,18,19,20). The molecule has 1 atom stereocenters. The third kappa shape index (κ3) is 4.55. The van der Waals surface area contributed by atoms with Crippen LogP contribution in [-0.4, -0.2) is 21.9 Å². The topological polar surface area (TPSA) is 66.9 Å². The number of hydrogen-bond donors (Lipinski definition) is 2. The highest BCUT2D eigenvalue weighted by Crippen LogP contribution is 2.09. The van der Waals surface area contributed by atoms with Crippen molar-refractivity contribution in [2.75, 3.05) is 5.32 Å². The molecule has 0 aliphatic rings. The van der Waals surface area contributed by atoms with E-state index >= 15 is 0 Å². The Morgan fingerprint density at radius 2 is 2.09 bits per heavy atom. The second-order valence-electron chi connectivity index (χ2n) is 5.38. The normalized spacial score (nSPS) is 11.8. The first kappa shape index (κ1) is 15.9. The molecule has 1 aromatic carbocycles. The Labute approximate surface area is 131 Å². The summed E-state index contributed by atoms with van der Waals surface area (Å²) in [6.07, 6.45) is 2.45. The molecule has 0 aliphatic carbocycles. The van der Waals surface area contributed by atoms with E-state index in [1.165, 1.54) is 6.33 Å². The van der Waals surface area contributed by atoms with Gasteiger partial charge in [-0.3, -0.25) is 4.79 Å². The molecule has 1 amide bonds. The van der Waals surface area contributed by atoms with Crippen molar-refractivity contribution in [2.24, 2.45) is 0 Å². The van der Waals surface area contributed by atoms with E-state index < -0.39 is 0 Å². The SMILES string of the molecule is CCC(C)NC(=O)c1cccc(CNc2cc(C)ncn2)c1. The molecule has 1 aromatic heterocycles. The minimum Gasteiger partial charge on any atom is -0.366 e. The summed E-state index contributed by atoms with van der Waals surface area (Å²) >= 11 is 0. The van der Waals surface area contributed by atoms with Crippen LogP contribution in [0.1, 0.15) is 41.9 Å². The van der Waals surface area contributed by atoms with Gasteiger partial charge in [-0.15, -0.1) is 0 Å². The first-order valence-corrected chi connectivity index (χ1v) is 7.50. The molecule has 2 aromatic rings. The monoisotopic (exact) mass is 298 g/mol. The van der Waals surface area contributed by atoms with Crippen molar-refractivity contribution in [2.45, 2.75) is 39.8 Å². The van der Waals surface area contributed by atoms with Crippen LogP contribution in [0, 0.1) is 6.92 Å². The zero-order valence-corrected chi connectivity index (χ0v) is 13.3. The number of benzene rings is 1. The summed E-state index contributed by atoms with van der Waals surface area (Å²) in [5.74, 6) is 0.746. The summed E-state index contributed by atoms with van der Waals surface area (Å²) in [6, 6.07) is 9.68. The van der Waals surface area contributed by atoms with Crippen molar-refractivity contribution < 1.29 is 4.79 Å². The largest absolute Gasteiger partial charge is 0.366 e. The molecule has 5 nitrogen and oxygen atoms in total. The molecule has 0 aliphatic heterocycles. The number of hydrogen-bond acceptors (Lipinski definition) is 4. The predicted molar refractivity (Wildman–Crippen MR) is 87.8 cm³/mol. The third-order valence-electron chi connectivity index (χ3n) is 3.46. The Bertz CT molecular complexity index is 642. The summed E-state index contributed by atoms with van der Waals surface area (Å²) < 4.78 is 0. The molecule has 0 saturated carbocycles. The number of aryl methyl sites for hydroxylation is 1. The van der Waals surface area contributed by atoms with Crippen molar-refractivity contribution in [3.63, 3.8) is 0 Å². The van der Waals surface area contributed by atoms with Gasteiger partial charge in [0.05, 0.1) is 0 Å². The van der Waals surface area contributed by atoms with Crippen LogP contribution < -0.4 is 10.6 Å². The molecule has 2 N–H and O–H groups in total. The molecule has 1 heterocycles. The van der Waals surface area contributed by atoms with Crippen LogP contribution in [0.2, 0.25) is 0 Å². The number of nitrogens with one attached hydrogen (secondary N) is 2. The second kappa shape index (κ2) is 7.54. The number of aromatic nitrogens is 2. The van der Waals surface area contributed by atoms with Crippen LogP contribution >= 0.6 is 0 Å². The van der Waals surface area contributed by atoms with E-state index in [9.17, 15) is 4.79 Å². The maximum absolute atomic E-state index is 12.1. The fourth-order valence-electron chi connectivity index (χ4n) is 1.98. The van der Waals surface area contributed by atoms with E-state index in [1.807, 2.05) is 44.2 Å². The lowest BCUT2D eigenvalue weighted by molar-refractivity contribution is 0.0939. The van der Waals surface area contributed by atoms with Gasteiger partial charge in [0.25, 0.3) is 5.91 Å². The van der Waals surface area contributed by atoms with E-state index in [4.69, 9.17) is 0 Å². The molecule has 22 heavy (non-hydrogen) atoms. The van der Waals surface area contributed by atoms with Crippen LogP contribution in [0.15, 0.2) is 36.7 Å². The first-order valence-electron chi connectivity index (χ1n) is 7.50. The highest BCUT2D eigenvalue weighted by atomic mass is 16.1. The summed E-state index contributed by atoms with van der Waals surface area (Å²) in [5.41, 5.74) is 2.63. The van der Waals surface area contributed by atoms with Crippen molar-refractivity contribution in [3.8, 4) is 0 Å². The van der Waals surface area contributed by atoms with Gasteiger partial charge < -0.3 is 10.6 Å². The van der Waals surface area contributed by atoms with E-state index in [0.717, 1.165) is 23.5 Å². The maximum Gasteiger partial charge on any atom is 0.251 e. The fraction of sp³-hybridized carbons (Fsp3) is 0.353. The zero-order valence-electron chi connectivity index (χ0n) is 13.3. The lowest BCUT2D eigenvalue weighted by Crippen LogP contribution is -2.31. The molecule has 5 heteroatoms. The first-order chi connectivity index (χ1) is 10.6. The zero-order chi connectivity index (χ0) is 15.9. The lowest BCUT2D eigenvalue weighted by atomic mass is 10.1. The van der Waals surface area contributed by atoms with Crippen molar-refractivity contribution in [1.82, 2.24) is 15.3 Å². The van der Waals surface area contributed by atoms with E-state index in [1.54, 1.807) is 0 Å². The molecule has 2 rings (SSSR count). The summed E-state index contributed by atoms with van der Waals surface area (Å²) in [5, 5.41) is 6.21. The number of carbonyl (C=O) groups is 1. The highest BCUT2D eigenvalue weighted by molar-refractivity contribution is 5.94. The number of amides is 1. The number of anilines is 1. The van der Waals surface area contributed by atoms with Gasteiger partial charge >= 0.3 is 0 Å². The summed E-state index contributed by atoms with van der Waals surface area (Å²) in [7, 11) is 0. The molecular formula is C17H22N4O. The van der Waals surface area contributed by atoms with Crippen LogP contribution in [0.4, 0.5) is 5.82 Å². The van der Waals surface area contributed by atoms with Crippen LogP contribution in [-0.2, 0) is 6.54 Å². The minimum absolute atomic E-state index is 0.0333. The summed E-state index contributed by atoms with van der Waals surface area (Å²) in [4.78, 5) is 20.4. The van der Waals surface area contributed by atoms with Gasteiger partial charge in [-0.1, -0.05) is 19.1 Å². The Kier molecular flexibility index (Phi) is 5.47. The molecular weight excluding hydrogens is 276 g/mol. The van der Waals surface area contributed by atoms with Gasteiger partial charge in [0.2, 0.25) is 0 Å². The van der Waals surface area contributed by atoms with Crippen LogP contribution in [0.25, 0.3) is 0 Å². The van der Waals surface area contributed by atoms with Gasteiger partial charge in [0.15, 0.2) is 0 Å². The number of carbonyl (C=O) groups excluding carboxylic acids is 1. The van der Waals surface area contributed by atoms with E-state index in [-0.39, 0.29) is 11.9 Å². The van der Waals surface area contributed by atoms with Gasteiger partial charge in [-0.2, -0.15) is 0 Å². The van der Waals surface area contributed by atoms with Crippen molar-refractivity contribution in [3.05, 3.63) is 53.5 Å². The fourth-order valence-corrected chi connectivity index (χ4v) is 1.98. The Hall–Kier alpha value is -2.43. The molecule has 0 spiro atoms. The van der Waals surface area contributed by atoms with E-state index in [0.29, 0.717) is 12.1 Å². The summed E-state index contributed by atoms with van der Waals surface area (Å²) in [6.45, 7) is 6.59. The Morgan fingerprint density at radius 1 is 1.27 bits per heavy atom. The molecule has 0 saturated heterocycles. The second-order valence-corrected chi connectivity index (χ2v) is 5.38. The van der Waals surface area contributed by atoms with Gasteiger partial charge in [-0.25, -0.2) is 9.97 Å². The van der Waals surface area contributed by atoms with Crippen molar-refractivity contribution >= 4 is 11.7 Å². The number of rotatable bonds is 6. The lowest BCUT2D eigenvalue weighted by Gasteiger charge is -2.12. The predicted octanol–water partition coefficient (Wildman–Crippen LogP) is 2.93. The Morgan fingerprint density at radius 3 is 2.82 bits per heavy atom. The maximum atomic E-state index is 12.1. The average Bonchev–Trinajstić information content (AvgIpc) is 2.53. The smallest absolute Gasteiger partial charge is 0.251 e. The minimum atomic E-state index is -0.0333. The van der Waals surface area contributed by atoms with Gasteiger partial charge in [0, 0.05) is 29.9 Å². The van der Waals surface area contributed by atoms with E-state index in [2.05, 4.69) is 27.5 Å². The number of nitrogens with zero attached hydrogens (tertiary/aromatic N) is 2. The Balaban J connectivity index is 2.00. The molecule has 0 radical (unpaired) electrons. The third-order valence-corrected chi connectivity index (χ3v) is 3.46. The quantitative estimate of drug-likeness (QED) is 0.860. The molecule has 0 bridgehead atoms. The molecule has 116 valence electrons. The van der Waals surface area contributed by atoms with Gasteiger partial charge in [0.1, 0.15) is 12.1 Å². The average molecular weight is 298 g/mol. The van der Waals surface area contributed by atoms with Crippen LogP contribution in [0.5, 0.6) is 0 Å². The highest BCUT2D eigenvalue weighted by Gasteiger charge is 2.08. The molecule has 1 unspecified atom stereocenters.